The third-order valence-corrected chi connectivity index (χ3v) is 4.80. The molecule has 0 aromatic heterocycles. The highest BCUT2D eigenvalue weighted by molar-refractivity contribution is 5.95. The highest BCUT2D eigenvalue weighted by Crippen LogP contribution is 2.25. The normalized spacial score (nSPS) is 17.7. The van der Waals surface area contributed by atoms with Crippen LogP contribution in [0.15, 0.2) is 18.2 Å². The molecule has 23 heavy (non-hydrogen) atoms. The van der Waals surface area contributed by atoms with Crippen LogP contribution in [0.25, 0.3) is 0 Å². The molecule has 1 fully saturated rings. The van der Waals surface area contributed by atoms with Crippen LogP contribution in [-0.4, -0.2) is 47.7 Å². The minimum Gasteiger partial charge on any atom is -0.481 e. The first kappa shape index (κ1) is 16.0. The van der Waals surface area contributed by atoms with E-state index >= 15 is 0 Å². The Balaban J connectivity index is 1.79. The topological polar surface area (TPSA) is 66.8 Å². The average molecular weight is 317 g/mol. The predicted octanol–water partition coefficient (Wildman–Crippen LogP) is 2.27. The number of carbonyl (C=O) groups is 2. The van der Waals surface area contributed by atoms with Gasteiger partial charge in [-0.3, -0.25) is 9.59 Å². The van der Waals surface area contributed by atoms with E-state index in [1.165, 1.54) is 11.1 Å². The Bertz CT molecular complexity index is 593. The zero-order valence-corrected chi connectivity index (χ0v) is 13.3. The lowest BCUT2D eigenvalue weighted by atomic mass is 10.0. The van der Waals surface area contributed by atoms with Crippen molar-refractivity contribution in [3.8, 4) is 0 Å². The number of carboxylic acid groups (broad SMARTS) is 1. The quantitative estimate of drug-likeness (QED) is 0.904. The average Bonchev–Trinajstić information content (AvgIpc) is 3.03. The van der Waals surface area contributed by atoms with Crippen LogP contribution in [0.2, 0.25) is 0 Å². The van der Waals surface area contributed by atoms with E-state index in [-0.39, 0.29) is 24.9 Å². The summed E-state index contributed by atoms with van der Waals surface area (Å²) in [4.78, 5) is 25.6. The molecule has 1 aromatic carbocycles. The van der Waals surface area contributed by atoms with E-state index in [9.17, 15) is 9.59 Å². The van der Waals surface area contributed by atoms with Crippen LogP contribution in [0, 0.1) is 0 Å². The zero-order chi connectivity index (χ0) is 16.2. The fourth-order valence-electron chi connectivity index (χ4n) is 3.53. The van der Waals surface area contributed by atoms with Gasteiger partial charge in [-0.25, -0.2) is 0 Å². The first-order valence-electron chi connectivity index (χ1n) is 8.37. The number of carbonyl (C=O) groups excluding carboxylic acids is 1. The van der Waals surface area contributed by atoms with Crippen LogP contribution in [0.4, 0.5) is 0 Å². The van der Waals surface area contributed by atoms with Crippen molar-refractivity contribution in [1.82, 2.24) is 4.90 Å². The lowest BCUT2D eigenvalue weighted by Crippen LogP contribution is -2.44. The molecule has 0 bridgehead atoms. The summed E-state index contributed by atoms with van der Waals surface area (Å²) in [7, 11) is 0. The molecule has 0 saturated carbocycles. The second-order valence-electron chi connectivity index (χ2n) is 6.32. The molecule has 2 aliphatic rings. The Morgan fingerprint density at radius 3 is 2.65 bits per heavy atom. The number of fused-ring (bicyclic) bond motifs is 1. The number of nitrogens with zero attached hydrogens (tertiary/aromatic N) is 1. The molecule has 0 unspecified atom stereocenters. The van der Waals surface area contributed by atoms with Crippen LogP contribution in [0.3, 0.4) is 0 Å². The largest absolute Gasteiger partial charge is 0.481 e. The third-order valence-electron chi connectivity index (χ3n) is 4.80. The van der Waals surface area contributed by atoms with E-state index in [0.29, 0.717) is 18.8 Å². The molecular weight excluding hydrogens is 294 g/mol. The van der Waals surface area contributed by atoms with Crippen molar-refractivity contribution < 1.29 is 19.4 Å². The maximum atomic E-state index is 12.9. The summed E-state index contributed by atoms with van der Waals surface area (Å²) >= 11 is 0. The van der Waals surface area contributed by atoms with Crippen LogP contribution in [-0.2, 0) is 22.4 Å². The lowest BCUT2D eigenvalue weighted by Gasteiger charge is -2.34. The second kappa shape index (κ2) is 7.13. The van der Waals surface area contributed by atoms with Crippen molar-refractivity contribution in [2.75, 3.05) is 19.8 Å². The molecule has 124 valence electrons. The van der Waals surface area contributed by atoms with Gasteiger partial charge in [-0.05, 0) is 55.4 Å². The summed E-state index contributed by atoms with van der Waals surface area (Å²) < 4.78 is 5.37. The number of amides is 1. The van der Waals surface area contributed by atoms with Gasteiger partial charge in [0, 0.05) is 31.4 Å². The van der Waals surface area contributed by atoms with Crippen molar-refractivity contribution in [3.63, 3.8) is 0 Å². The van der Waals surface area contributed by atoms with Gasteiger partial charge in [-0.2, -0.15) is 0 Å². The molecule has 1 aliphatic heterocycles. The fraction of sp³-hybridized carbons (Fsp3) is 0.556. The Morgan fingerprint density at radius 2 is 1.91 bits per heavy atom. The lowest BCUT2D eigenvalue weighted by molar-refractivity contribution is -0.137. The van der Waals surface area contributed by atoms with Gasteiger partial charge < -0.3 is 14.7 Å². The highest BCUT2D eigenvalue weighted by Gasteiger charge is 2.27. The first-order valence-corrected chi connectivity index (χ1v) is 8.37. The molecule has 1 aliphatic carbocycles. The van der Waals surface area contributed by atoms with Crippen molar-refractivity contribution >= 4 is 11.9 Å². The number of aryl methyl sites for hydroxylation is 2. The van der Waals surface area contributed by atoms with Gasteiger partial charge in [-0.1, -0.05) is 6.07 Å². The molecule has 1 aromatic rings. The van der Waals surface area contributed by atoms with E-state index < -0.39 is 5.97 Å². The number of aliphatic carboxylic acids is 1. The molecule has 0 spiro atoms. The summed E-state index contributed by atoms with van der Waals surface area (Å²) in [5.41, 5.74) is 3.29. The van der Waals surface area contributed by atoms with Crippen LogP contribution < -0.4 is 0 Å². The minimum atomic E-state index is -0.871. The Kier molecular flexibility index (Phi) is 4.96. The maximum Gasteiger partial charge on any atom is 0.305 e. The van der Waals surface area contributed by atoms with Gasteiger partial charge in [0.1, 0.15) is 0 Å². The Hall–Kier alpha value is -1.88. The number of hydrogen-bond donors (Lipinski definition) is 1. The number of ether oxygens (including phenoxy) is 1. The van der Waals surface area contributed by atoms with Gasteiger partial charge in [0.2, 0.25) is 0 Å². The summed E-state index contributed by atoms with van der Waals surface area (Å²) in [6.45, 7) is 1.52. The number of rotatable bonds is 5. The Labute approximate surface area is 136 Å². The minimum absolute atomic E-state index is 0.0198. The Morgan fingerprint density at radius 1 is 1.17 bits per heavy atom. The summed E-state index contributed by atoms with van der Waals surface area (Å²) in [5.74, 6) is -0.920. The zero-order valence-electron chi connectivity index (χ0n) is 13.3. The SMILES string of the molecule is O=C(O)CCN(C(=O)c1ccc2c(c1)CCC2)C1CCOCC1. The van der Waals surface area contributed by atoms with Gasteiger partial charge in [0.25, 0.3) is 5.91 Å². The third kappa shape index (κ3) is 3.72. The molecule has 5 heteroatoms. The van der Waals surface area contributed by atoms with Crippen molar-refractivity contribution in [2.45, 2.75) is 44.6 Å². The highest BCUT2D eigenvalue weighted by atomic mass is 16.5. The van der Waals surface area contributed by atoms with Gasteiger partial charge in [0.15, 0.2) is 0 Å². The first-order chi connectivity index (χ1) is 11.1. The van der Waals surface area contributed by atoms with Crippen LogP contribution in [0.5, 0.6) is 0 Å². The van der Waals surface area contributed by atoms with Crippen molar-refractivity contribution in [3.05, 3.63) is 34.9 Å². The van der Waals surface area contributed by atoms with Gasteiger partial charge in [-0.15, -0.1) is 0 Å². The summed E-state index contributed by atoms with van der Waals surface area (Å²) in [5, 5.41) is 8.98. The van der Waals surface area contributed by atoms with Gasteiger partial charge >= 0.3 is 5.97 Å². The van der Waals surface area contributed by atoms with E-state index in [1.54, 1.807) is 4.90 Å². The van der Waals surface area contributed by atoms with Crippen molar-refractivity contribution in [1.29, 1.82) is 0 Å². The smallest absolute Gasteiger partial charge is 0.305 e. The van der Waals surface area contributed by atoms with Crippen LogP contribution in [0.1, 0.15) is 47.2 Å². The molecule has 3 rings (SSSR count). The number of benzene rings is 1. The molecule has 1 heterocycles. The van der Waals surface area contributed by atoms with E-state index in [0.717, 1.165) is 32.1 Å². The predicted molar refractivity (Wildman–Crippen MR) is 85.6 cm³/mol. The molecule has 1 N–H and O–H groups in total. The summed E-state index contributed by atoms with van der Waals surface area (Å²) in [6.07, 6.45) is 4.80. The second-order valence-corrected chi connectivity index (χ2v) is 6.32. The molecule has 0 atom stereocenters. The molecule has 0 radical (unpaired) electrons. The van der Waals surface area contributed by atoms with Gasteiger partial charge in [0.05, 0.1) is 6.42 Å². The van der Waals surface area contributed by atoms with Crippen LogP contribution >= 0.6 is 0 Å². The molecular formula is C18H23NO4. The van der Waals surface area contributed by atoms with E-state index in [4.69, 9.17) is 9.84 Å². The number of hydrogen-bond acceptors (Lipinski definition) is 3. The standard InChI is InChI=1S/C18H23NO4/c20-17(21)6-9-19(16-7-10-23-11-8-16)18(22)15-5-4-13-2-1-3-14(13)12-15/h4-5,12,16H,1-3,6-11H2,(H,20,21). The molecule has 1 saturated heterocycles. The van der Waals surface area contributed by atoms with E-state index in [1.807, 2.05) is 12.1 Å². The summed E-state index contributed by atoms with van der Waals surface area (Å²) in [6, 6.07) is 6.01. The van der Waals surface area contributed by atoms with Crippen molar-refractivity contribution in [2.24, 2.45) is 0 Å². The fourth-order valence-corrected chi connectivity index (χ4v) is 3.53. The molecule has 1 amide bonds. The molecule has 5 nitrogen and oxygen atoms in total. The monoisotopic (exact) mass is 317 g/mol. The maximum absolute atomic E-state index is 12.9. The van der Waals surface area contributed by atoms with E-state index in [2.05, 4.69) is 6.07 Å². The number of carboxylic acids is 1.